The topological polar surface area (TPSA) is 50.7 Å². The number of para-hydroxylation sites is 1. The van der Waals surface area contributed by atoms with E-state index < -0.39 is 0 Å². The number of hydrogen-bond donors (Lipinski definition) is 1. The number of nitrogens with one attached hydrogen (secondary N) is 1. The molecule has 0 fully saturated rings. The third-order valence-electron chi connectivity index (χ3n) is 5.22. The van der Waals surface area contributed by atoms with Crippen LogP contribution in [0.4, 0.5) is 0 Å². The van der Waals surface area contributed by atoms with E-state index in [-0.39, 0.29) is 5.56 Å². The SMILES string of the molecule is Cc1cccc(CSc2nc3c(-c4ccccc4)c[nH]c3c(=O)n2-c2ccccc2)c1. The number of aryl methyl sites for hydroxylation is 1. The molecule has 5 aromatic rings. The Morgan fingerprint density at radius 3 is 2.42 bits per heavy atom. The average Bonchev–Trinajstić information content (AvgIpc) is 3.23. The van der Waals surface area contributed by atoms with Gasteiger partial charge in [0.1, 0.15) is 11.0 Å². The standard InChI is InChI=1S/C26H21N3OS/c1-18-9-8-10-19(15-18)17-31-26-28-23-22(20-11-4-2-5-12-20)16-27-24(23)25(30)29(26)21-13-6-3-7-14-21/h2-16,27H,17H2,1H3. The third kappa shape index (κ3) is 3.80. The minimum atomic E-state index is -0.0925. The first kappa shape index (κ1) is 19.4. The molecule has 1 N–H and O–H groups in total. The van der Waals surface area contributed by atoms with Gasteiger partial charge in [-0.25, -0.2) is 4.98 Å². The van der Waals surface area contributed by atoms with Crippen LogP contribution in [-0.4, -0.2) is 14.5 Å². The van der Waals surface area contributed by atoms with Gasteiger partial charge in [0, 0.05) is 17.5 Å². The molecule has 2 heterocycles. The van der Waals surface area contributed by atoms with Gasteiger partial charge in [0.2, 0.25) is 0 Å². The molecule has 0 aliphatic heterocycles. The monoisotopic (exact) mass is 423 g/mol. The highest BCUT2D eigenvalue weighted by Gasteiger charge is 2.18. The minimum Gasteiger partial charge on any atom is -0.355 e. The first-order chi connectivity index (χ1) is 15.2. The Morgan fingerprint density at radius 2 is 1.68 bits per heavy atom. The first-order valence-electron chi connectivity index (χ1n) is 10.1. The van der Waals surface area contributed by atoms with E-state index in [9.17, 15) is 4.79 Å². The van der Waals surface area contributed by atoms with E-state index in [0.717, 1.165) is 22.6 Å². The van der Waals surface area contributed by atoms with Gasteiger partial charge in [0.05, 0.1) is 5.69 Å². The number of nitrogens with zero attached hydrogens (tertiary/aromatic N) is 2. The number of H-pyrrole nitrogens is 1. The Labute approximate surface area is 184 Å². The van der Waals surface area contributed by atoms with Crippen LogP contribution in [0, 0.1) is 6.92 Å². The normalized spacial score (nSPS) is 11.1. The van der Waals surface area contributed by atoms with Gasteiger partial charge in [-0.05, 0) is 30.2 Å². The molecule has 0 bridgehead atoms. The molecule has 0 spiro atoms. The molecule has 31 heavy (non-hydrogen) atoms. The van der Waals surface area contributed by atoms with Crippen LogP contribution in [0.15, 0.2) is 101 Å². The highest BCUT2D eigenvalue weighted by Crippen LogP contribution is 2.30. The molecule has 2 aromatic heterocycles. The highest BCUT2D eigenvalue weighted by molar-refractivity contribution is 7.98. The van der Waals surface area contributed by atoms with E-state index in [1.54, 1.807) is 16.3 Å². The molecule has 0 amide bonds. The van der Waals surface area contributed by atoms with Crippen molar-refractivity contribution in [1.29, 1.82) is 0 Å². The summed E-state index contributed by atoms with van der Waals surface area (Å²) in [5.41, 5.74) is 6.33. The maximum atomic E-state index is 13.5. The summed E-state index contributed by atoms with van der Waals surface area (Å²) in [6.45, 7) is 2.09. The summed E-state index contributed by atoms with van der Waals surface area (Å²) in [5.74, 6) is 0.734. The summed E-state index contributed by atoms with van der Waals surface area (Å²) < 4.78 is 1.70. The van der Waals surface area contributed by atoms with Crippen LogP contribution < -0.4 is 5.56 Å². The third-order valence-corrected chi connectivity index (χ3v) is 6.23. The van der Waals surface area contributed by atoms with Gasteiger partial charge in [-0.1, -0.05) is 90.1 Å². The molecule has 0 unspecified atom stereocenters. The molecule has 152 valence electrons. The average molecular weight is 424 g/mol. The fourth-order valence-electron chi connectivity index (χ4n) is 3.73. The Bertz CT molecular complexity index is 1410. The van der Waals surface area contributed by atoms with Crippen molar-refractivity contribution in [2.75, 3.05) is 0 Å². The lowest BCUT2D eigenvalue weighted by Gasteiger charge is -2.13. The highest BCUT2D eigenvalue weighted by atomic mass is 32.2. The van der Waals surface area contributed by atoms with E-state index in [0.29, 0.717) is 16.2 Å². The van der Waals surface area contributed by atoms with Crippen LogP contribution in [0.25, 0.3) is 27.8 Å². The smallest absolute Gasteiger partial charge is 0.283 e. The fraction of sp³-hybridized carbons (Fsp3) is 0.0769. The lowest BCUT2D eigenvalue weighted by atomic mass is 10.1. The zero-order chi connectivity index (χ0) is 21.2. The molecule has 4 nitrogen and oxygen atoms in total. The second-order valence-corrected chi connectivity index (χ2v) is 8.38. The van der Waals surface area contributed by atoms with E-state index in [2.05, 4.69) is 36.2 Å². The number of aromatic amines is 1. The van der Waals surface area contributed by atoms with Gasteiger partial charge < -0.3 is 4.98 Å². The minimum absolute atomic E-state index is 0.0925. The molecule has 0 saturated heterocycles. The fourth-order valence-corrected chi connectivity index (χ4v) is 4.68. The van der Waals surface area contributed by atoms with Crippen molar-refractivity contribution in [3.05, 3.63) is 113 Å². The quantitative estimate of drug-likeness (QED) is 0.279. The van der Waals surface area contributed by atoms with Gasteiger partial charge >= 0.3 is 0 Å². The van der Waals surface area contributed by atoms with Gasteiger partial charge in [-0.2, -0.15) is 0 Å². The molecule has 0 saturated carbocycles. The van der Waals surface area contributed by atoms with Crippen molar-refractivity contribution in [2.45, 2.75) is 17.8 Å². The van der Waals surface area contributed by atoms with Crippen molar-refractivity contribution in [1.82, 2.24) is 14.5 Å². The Kier molecular flexibility index (Phi) is 5.18. The molecule has 0 radical (unpaired) electrons. The zero-order valence-electron chi connectivity index (χ0n) is 17.1. The number of benzene rings is 3. The molecule has 0 aliphatic carbocycles. The molecule has 0 atom stereocenters. The number of thioether (sulfide) groups is 1. The van der Waals surface area contributed by atoms with Crippen LogP contribution in [0.2, 0.25) is 0 Å². The molecular formula is C26H21N3OS. The Morgan fingerprint density at radius 1 is 0.935 bits per heavy atom. The van der Waals surface area contributed by atoms with Gasteiger partial charge in [-0.3, -0.25) is 9.36 Å². The van der Waals surface area contributed by atoms with Crippen LogP contribution in [0.3, 0.4) is 0 Å². The largest absolute Gasteiger partial charge is 0.355 e. The molecule has 5 heteroatoms. The van der Waals surface area contributed by atoms with Crippen LogP contribution in [-0.2, 0) is 5.75 Å². The zero-order valence-corrected chi connectivity index (χ0v) is 17.9. The van der Waals surface area contributed by atoms with E-state index in [1.165, 1.54) is 11.1 Å². The van der Waals surface area contributed by atoms with Gasteiger partial charge in [0.25, 0.3) is 5.56 Å². The second kappa shape index (κ2) is 8.28. The Hall–Kier alpha value is -3.57. The number of hydrogen-bond acceptors (Lipinski definition) is 3. The summed E-state index contributed by atoms with van der Waals surface area (Å²) in [5, 5.41) is 0.682. The molecule has 5 rings (SSSR count). The predicted octanol–water partition coefficient (Wildman–Crippen LogP) is 5.98. The van der Waals surface area contributed by atoms with E-state index in [1.807, 2.05) is 66.9 Å². The summed E-state index contributed by atoms with van der Waals surface area (Å²) in [4.78, 5) is 21.7. The maximum absolute atomic E-state index is 13.5. The summed E-state index contributed by atoms with van der Waals surface area (Å²) in [6, 6.07) is 28.2. The lowest BCUT2D eigenvalue weighted by Crippen LogP contribution is -2.21. The number of aromatic nitrogens is 3. The predicted molar refractivity (Wildman–Crippen MR) is 128 cm³/mol. The molecular weight excluding hydrogens is 402 g/mol. The van der Waals surface area contributed by atoms with Crippen molar-refractivity contribution < 1.29 is 0 Å². The van der Waals surface area contributed by atoms with Crippen molar-refractivity contribution in [2.24, 2.45) is 0 Å². The van der Waals surface area contributed by atoms with E-state index in [4.69, 9.17) is 4.98 Å². The summed E-state index contributed by atoms with van der Waals surface area (Å²) >= 11 is 1.58. The summed E-state index contributed by atoms with van der Waals surface area (Å²) in [7, 11) is 0. The van der Waals surface area contributed by atoms with Crippen molar-refractivity contribution >= 4 is 22.8 Å². The number of rotatable bonds is 5. The molecule has 3 aromatic carbocycles. The Balaban J connectivity index is 1.67. The summed E-state index contributed by atoms with van der Waals surface area (Å²) in [6.07, 6.45) is 1.87. The maximum Gasteiger partial charge on any atom is 0.283 e. The number of fused-ring (bicyclic) bond motifs is 1. The van der Waals surface area contributed by atoms with Gasteiger partial charge in [0.15, 0.2) is 5.16 Å². The van der Waals surface area contributed by atoms with Crippen molar-refractivity contribution in [3.8, 4) is 16.8 Å². The van der Waals surface area contributed by atoms with Crippen LogP contribution in [0.1, 0.15) is 11.1 Å². The van der Waals surface area contributed by atoms with E-state index >= 15 is 0 Å². The molecule has 0 aliphatic rings. The van der Waals surface area contributed by atoms with Gasteiger partial charge in [-0.15, -0.1) is 0 Å². The van der Waals surface area contributed by atoms with Crippen LogP contribution in [0.5, 0.6) is 0 Å². The second-order valence-electron chi connectivity index (χ2n) is 7.44. The van der Waals surface area contributed by atoms with Crippen LogP contribution >= 0.6 is 11.8 Å². The lowest BCUT2D eigenvalue weighted by molar-refractivity contribution is 0.818. The first-order valence-corrected chi connectivity index (χ1v) is 11.1. The van der Waals surface area contributed by atoms with Crippen molar-refractivity contribution in [3.63, 3.8) is 0 Å².